The number of benzene rings is 1. The van der Waals surface area contributed by atoms with Gasteiger partial charge in [-0.25, -0.2) is 8.42 Å². The first kappa shape index (κ1) is 25.5. The quantitative estimate of drug-likeness (QED) is 0.580. The molecule has 190 valence electrons. The van der Waals surface area contributed by atoms with Crippen LogP contribution < -0.4 is 5.32 Å². The van der Waals surface area contributed by atoms with Crippen LogP contribution in [0.3, 0.4) is 0 Å². The van der Waals surface area contributed by atoms with Gasteiger partial charge in [0, 0.05) is 19.6 Å². The van der Waals surface area contributed by atoms with Crippen LogP contribution in [0.5, 0.6) is 0 Å². The first-order chi connectivity index (χ1) is 16.4. The molecule has 3 aliphatic heterocycles. The number of hydrogen-bond acceptors (Lipinski definition) is 7. The van der Waals surface area contributed by atoms with E-state index in [2.05, 4.69) is 10.2 Å². The summed E-state index contributed by atoms with van der Waals surface area (Å²) in [6.07, 6.45) is 3.40. The lowest BCUT2D eigenvalue weighted by Gasteiger charge is -2.43. The van der Waals surface area contributed by atoms with E-state index in [-0.39, 0.29) is 43.1 Å². The van der Waals surface area contributed by atoms with Crippen molar-refractivity contribution in [2.45, 2.75) is 67.8 Å². The summed E-state index contributed by atoms with van der Waals surface area (Å²) < 4.78 is 40.0. The zero-order chi connectivity index (χ0) is 24.0. The van der Waals surface area contributed by atoms with Crippen molar-refractivity contribution in [2.75, 3.05) is 45.9 Å². The zero-order valence-electron chi connectivity index (χ0n) is 19.7. The van der Waals surface area contributed by atoms with Gasteiger partial charge in [-0.1, -0.05) is 24.6 Å². The van der Waals surface area contributed by atoms with Crippen molar-refractivity contribution in [3.05, 3.63) is 30.3 Å². The van der Waals surface area contributed by atoms with Crippen LogP contribution in [0, 0.1) is 0 Å². The Kier molecular flexibility index (Phi) is 8.95. The van der Waals surface area contributed by atoms with Gasteiger partial charge in [0.05, 0.1) is 48.9 Å². The van der Waals surface area contributed by atoms with E-state index < -0.39 is 28.3 Å². The van der Waals surface area contributed by atoms with Gasteiger partial charge in [0.2, 0.25) is 15.9 Å². The number of rotatable bonds is 7. The van der Waals surface area contributed by atoms with E-state index in [0.29, 0.717) is 19.4 Å². The van der Waals surface area contributed by atoms with E-state index in [4.69, 9.17) is 9.47 Å². The number of aliphatic hydroxyl groups excluding tert-OH is 1. The Bertz CT molecular complexity index is 893. The molecular weight excluding hydrogens is 458 g/mol. The van der Waals surface area contributed by atoms with E-state index in [1.165, 1.54) is 23.6 Å². The van der Waals surface area contributed by atoms with Crippen LogP contribution in [0.15, 0.2) is 35.2 Å². The second-order valence-electron chi connectivity index (χ2n) is 9.48. The summed E-state index contributed by atoms with van der Waals surface area (Å²) in [5.41, 5.74) is 0. The molecule has 10 heteroatoms. The van der Waals surface area contributed by atoms with Crippen molar-refractivity contribution in [1.82, 2.24) is 14.5 Å². The lowest BCUT2D eigenvalue weighted by Crippen LogP contribution is -2.57. The highest BCUT2D eigenvalue weighted by Crippen LogP contribution is 2.31. The first-order valence-corrected chi connectivity index (χ1v) is 13.8. The number of carbonyl (C=O) groups is 1. The summed E-state index contributed by atoms with van der Waals surface area (Å²) >= 11 is 0. The molecule has 0 bridgehead atoms. The third-order valence-corrected chi connectivity index (χ3v) is 8.80. The van der Waals surface area contributed by atoms with Gasteiger partial charge in [-0.3, -0.25) is 4.79 Å². The van der Waals surface area contributed by atoms with Crippen LogP contribution in [0.2, 0.25) is 0 Å². The minimum absolute atomic E-state index is 0.0367. The van der Waals surface area contributed by atoms with E-state index >= 15 is 0 Å². The second kappa shape index (κ2) is 11.9. The Morgan fingerprint density at radius 1 is 1.09 bits per heavy atom. The van der Waals surface area contributed by atoms with Crippen LogP contribution in [0.4, 0.5) is 0 Å². The standard InChI is InChI=1S/C24H37N3O6S/c28-19-16-27(34(30,31)21-7-3-1-4-8-21)22-10-9-20(33-23(22)18-32-17-19)15-24(29)25-11-14-26-12-5-2-6-13-26/h1,3-4,7-8,19-20,22-23,28H,2,5-6,9-18H2,(H,25,29)/t19-,20-,22+,23-/m0/s1. The minimum atomic E-state index is -3.81. The number of β-amino-alcohol motifs (C(OH)–C–C–N with tert-alkyl or cyclic N) is 1. The molecule has 0 aliphatic carbocycles. The molecule has 1 aromatic carbocycles. The van der Waals surface area contributed by atoms with Gasteiger partial charge in [0.1, 0.15) is 0 Å². The summed E-state index contributed by atoms with van der Waals surface area (Å²) in [4.78, 5) is 15.1. The van der Waals surface area contributed by atoms with Gasteiger partial charge >= 0.3 is 0 Å². The van der Waals surface area contributed by atoms with Crippen molar-refractivity contribution >= 4 is 15.9 Å². The third kappa shape index (κ3) is 6.56. The number of amides is 1. The van der Waals surface area contributed by atoms with Crippen molar-refractivity contribution in [3.8, 4) is 0 Å². The van der Waals surface area contributed by atoms with E-state index in [1.807, 2.05) is 0 Å². The zero-order valence-corrected chi connectivity index (χ0v) is 20.5. The van der Waals surface area contributed by atoms with Gasteiger partial charge < -0.3 is 24.8 Å². The normalized spacial score (nSPS) is 29.6. The fraction of sp³-hybridized carbons (Fsp3) is 0.708. The number of aliphatic hydroxyl groups is 1. The fourth-order valence-corrected chi connectivity index (χ4v) is 6.85. The minimum Gasteiger partial charge on any atom is -0.389 e. The van der Waals surface area contributed by atoms with Gasteiger partial charge in [0.25, 0.3) is 0 Å². The van der Waals surface area contributed by atoms with Gasteiger partial charge in [-0.2, -0.15) is 4.31 Å². The molecule has 3 aliphatic rings. The van der Waals surface area contributed by atoms with Gasteiger partial charge in [-0.05, 0) is 50.9 Å². The highest BCUT2D eigenvalue weighted by atomic mass is 32.2. The molecule has 0 saturated carbocycles. The molecule has 4 atom stereocenters. The summed E-state index contributed by atoms with van der Waals surface area (Å²) in [7, 11) is -3.81. The highest BCUT2D eigenvalue weighted by Gasteiger charge is 2.43. The summed E-state index contributed by atoms with van der Waals surface area (Å²) in [5, 5.41) is 13.3. The maximum absolute atomic E-state index is 13.4. The smallest absolute Gasteiger partial charge is 0.243 e. The molecule has 1 aromatic rings. The average Bonchev–Trinajstić information content (AvgIpc) is 2.83. The van der Waals surface area contributed by atoms with Gasteiger partial charge in [-0.15, -0.1) is 0 Å². The molecule has 3 saturated heterocycles. The largest absolute Gasteiger partial charge is 0.389 e. The number of hydrogen-bond donors (Lipinski definition) is 2. The molecule has 4 rings (SSSR count). The lowest BCUT2D eigenvalue weighted by molar-refractivity contribution is -0.146. The molecule has 34 heavy (non-hydrogen) atoms. The molecule has 2 N–H and O–H groups in total. The predicted molar refractivity (Wildman–Crippen MR) is 127 cm³/mol. The fourth-order valence-electron chi connectivity index (χ4n) is 5.11. The number of ether oxygens (including phenoxy) is 2. The maximum Gasteiger partial charge on any atom is 0.243 e. The number of nitrogens with one attached hydrogen (secondary N) is 1. The Balaban J connectivity index is 1.35. The van der Waals surface area contributed by atoms with E-state index in [1.54, 1.807) is 30.3 Å². The molecule has 0 spiro atoms. The SMILES string of the molecule is O=C(C[C@@H]1CC[C@@H]2[C@H](COC[C@@H](O)CN2S(=O)(=O)c2ccccc2)O1)NCCN1CCCCC1. The number of carbonyl (C=O) groups excluding carboxylic acids is 1. The monoisotopic (exact) mass is 495 g/mol. The summed E-state index contributed by atoms with van der Waals surface area (Å²) in [6.45, 7) is 3.85. The van der Waals surface area contributed by atoms with E-state index in [9.17, 15) is 18.3 Å². The van der Waals surface area contributed by atoms with Crippen LogP contribution in [-0.2, 0) is 24.3 Å². The first-order valence-electron chi connectivity index (χ1n) is 12.4. The summed E-state index contributed by atoms with van der Waals surface area (Å²) in [5.74, 6) is -0.0450. The topological polar surface area (TPSA) is 108 Å². The van der Waals surface area contributed by atoms with Crippen molar-refractivity contribution in [1.29, 1.82) is 0 Å². The third-order valence-electron chi connectivity index (χ3n) is 6.90. The number of fused-ring (bicyclic) bond motifs is 1. The Morgan fingerprint density at radius 3 is 2.62 bits per heavy atom. The van der Waals surface area contributed by atoms with E-state index in [0.717, 1.165) is 19.6 Å². The number of nitrogens with zero attached hydrogens (tertiary/aromatic N) is 2. The summed E-state index contributed by atoms with van der Waals surface area (Å²) in [6, 6.07) is 7.80. The molecule has 3 heterocycles. The predicted octanol–water partition coefficient (Wildman–Crippen LogP) is 0.977. The average molecular weight is 496 g/mol. The van der Waals surface area contributed by atoms with Gasteiger partial charge in [0.15, 0.2) is 0 Å². The maximum atomic E-state index is 13.4. The van der Waals surface area contributed by atoms with Crippen molar-refractivity contribution < 1.29 is 27.8 Å². The Hall–Kier alpha value is -1.56. The van der Waals surface area contributed by atoms with Crippen LogP contribution >= 0.6 is 0 Å². The Labute approximate surface area is 202 Å². The molecule has 0 radical (unpaired) electrons. The van der Waals surface area contributed by atoms with Crippen LogP contribution in [0.1, 0.15) is 38.5 Å². The molecule has 0 aromatic heterocycles. The molecule has 9 nitrogen and oxygen atoms in total. The van der Waals surface area contributed by atoms with Crippen molar-refractivity contribution in [2.24, 2.45) is 0 Å². The molecule has 1 amide bonds. The number of likely N-dealkylation sites (tertiary alicyclic amines) is 1. The Morgan fingerprint density at radius 2 is 1.85 bits per heavy atom. The molecule has 0 unspecified atom stereocenters. The van der Waals surface area contributed by atoms with Crippen molar-refractivity contribution in [3.63, 3.8) is 0 Å². The highest BCUT2D eigenvalue weighted by molar-refractivity contribution is 7.89. The molecular formula is C24H37N3O6S. The number of piperidine rings is 1. The second-order valence-corrected chi connectivity index (χ2v) is 11.4. The van der Waals surface area contributed by atoms with Crippen LogP contribution in [0.25, 0.3) is 0 Å². The lowest BCUT2D eigenvalue weighted by atomic mass is 9.96. The molecule has 3 fully saturated rings. The number of sulfonamides is 1. The van der Waals surface area contributed by atoms with Crippen LogP contribution in [-0.4, -0.2) is 98.9 Å².